The third kappa shape index (κ3) is 4.81. The molecular formula is C21H17FN2O2. The summed E-state index contributed by atoms with van der Waals surface area (Å²) >= 11 is 0. The highest BCUT2D eigenvalue weighted by Crippen LogP contribution is 2.22. The molecule has 0 atom stereocenters. The number of nitrogens with one attached hydrogen (secondary N) is 1. The zero-order valence-corrected chi connectivity index (χ0v) is 14.0. The first-order valence-electron chi connectivity index (χ1n) is 8.16. The predicted molar refractivity (Wildman–Crippen MR) is 98.1 cm³/mol. The number of pyridine rings is 1. The van der Waals surface area contributed by atoms with E-state index >= 15 is 0 Å². The van der Waals surface area contributed by atoms with Crippen molar-refractivity contribution < 1.29 is 13.9 Å². The first-order valence-corrected chi connectivity index (χ1v) is 8.16. The molecule has 2 aromatic carbocycles. The Kier molecular flexibility index (Phi) is 5.79. The first kappa shape index (κ1) is 17.4. The summed E-state index contributed by atoms with van der Waals surface area (Å²) in [5, 5.41) is 3.71. The summed E-state index contributed by atoms with van der Waals surface area (Å²) in [6.45, 7) is 0.445. The quantitative estimate of drug-likeness (QED) is 0.721. The van der Waals surface area contributed by atoms with Crippen LogP contribution < -0.4 is 10.1 Å². The second-order valence-electron chi connectivity index (χ2n) is 5.55. The van der Waals surface area contributed by atoms with Crippen LogP contribution in [0.3, 0.4) is 0 Å². The Labute approximate surface area is 151 Å². The molecule has 0 bridgehead atoms. The third-order valence-corrected chi connectivity index (χ3v) is 3.67. The lowest BCUT2D eigenvalue weighted by atomic mass is 10.1. The molecule has 1 aromatic heterocycles. The van der Waals surface area contributed by atoms with E-state index in [4.69, 9.17) is 4.74 Å². The van der Waals surface area contributed by atoms with Gasteiger partial charge in [-0.2, -0.15) is 0 Å². The van der Waals surface area contributed by atoms with E-state index < -0.39 is 0 Å². The maximum absolute atomic E-state index is 12.8. The molecule has 1 N–H and O–H groups in total. The fraction of sp³-hybridized carbons (Fsp3) is 0.143. The van der Waals surface area contributed by atoms with E-state index in [9.17, 15) is 9.18 Å². The van der Waals surface area contributed by atoms with E-state index in [1.54, 1.807) is 18.3 Å². The van der Waals surface area contributed by atoms with Gasteiger partial charge in [-0.3, -0.25) is 9.78 Å². The van der Waals surface area contributed by atoms with E-state index in [-0.39, 0.29) is 31.3 Å². The highest BCUT2D eigenvalue weighted by molar-refractivity contribution is 5.84. The molecule has 1 amide bonds. The van der Waals surface area contributed by atoms with Gasteiger partial charge in [0, 0.05) is 11.6 Å². The number of ether oxygens (including phenoxy) is 1. The highest BCUT2D eigenvalue weighted by Gasteiger charge is 2.02. The molecule has 0 radical (unpaired) electrons. The standard InChI is InChI=1S/C21H17FN2O2/c22-18-10-8-16(9-11-18)15-20(25)23-12-1-2-14-26-19-7-3-5-17-6-4-13-24-21(17)19/h3-11,13H,12,14-15H2,(H,23,25). The first-order chi connectivity index (χ1) is 12.7. The molecule has 5 heteroatoms. The van der Waals surface area contributed by atoms with Crippen molar-refractivity contribution in [3.63, 3.8) is 0 Å². The molecule has 130 valence electrons. The molecule has 0 saturated carbocycles. The topological polar surface area (TPSA) is 51.2 Å². The number of nitrogens with zero attached hydrogens (tertiary/aromatic N) is 1. The van der Waals surface area contributed by atoms with E-state index in [1.165, 1.54) is 12.1 Å². The van der Waals surface area contributed by atoms with Crippen LogP contribution >= 0.6 is 0 Å². The van der Waals surface area contributed by atoms with Crippen molar-refractivity contribution >= 4 is 16.8 Å². The Morgan fingerprint density at radius 3 is 2.73 bits per heavy atom. The summed E-state index contributed by atoms with van der Waals surface area (Å²) in [5.41, 5.74) is 1.55. The number of rotatable bonds is 5. The van der Waals surface area contributed by atoms with Crippen molar-refractivity contribution in [2.24, 2.45) is 0 Å². The Hall–Kier alpha value is -3.39. The summed E-state index contributed by atoms with van der Waals surface area (Å²) in [4.78, 5) is 16.1. The van der Waals surface area contributed by atoms with Crippen molar-refractivity contribution in [3.8, 4) is 17.6 Å². The van der Waals surface area contributed by atoms with Gasteiger partial charge in [0.2, 0.25) is 5.91 Å². The SMILES string of the molecule is O=C(Cc1ccc(F)cc1)NCC#CCOc1cccc2cccnc12. The van der Waals surface area contributed by atoms with Crippen LogP contribution in [-0.4, -0.2) is 24.0 Å². The molecule has 3 aromatic rings. The monoisotopic (exact) mass is 348 g/mol. The third-order valence-electron chi connectivity index (χ3n) is 3.67. The molecule has 0 aliphatic carbocycles. The number of para-hydroxylation sites is 1. The van der Waals surface area contributed by atoms with Crippen LogP contribution in [-0.2, 0) is 11.2 Å². The summed E-state index contributed by atoms with van der Waals surface area (Å²) < 4.78 is 18.5. The van der Waals surface area contributed by atoms with Gasteiger partial charge in [0.05, 0.1) is 13.0 Å². The molecule has 26 heavy (non-hydrogen) atoms. The van der Waals surface area contributed by atoms with Crippen molar-refractivity contribution in [1.82, 2.24) is 10.3 Å². The van der Waals surface area contributed by atoms with Crippen molar-refractivity contribution in [1.29, 1.82) is 0 Å². The molecule has 0 fully saturated rings. The molecule has 0 aliphatic rings. The van der Waals surface area contributed by atoms with Crippen LogP contribution in [0.5, 0.6) is 5.75 Å². The normalized spacial score (nSPS) is 10.0. The van der Waals surface area contributed by atoms with Crippen LogP contribution in [0.1, 0.15) is 5.56 Å². The molecule has 0 unspecified atom stereocenters. The maximum Gasteiger partial charge on any atom is 0.225 e. The van der Waals surface area contributed by atoms with Crippen molar-refractivity contribution in [3.05, 3.63) is 72.2 Å². The van der Waals surface area contributed by atoms with Gasteiger partial charge < -0.3 is 10.1 Å². The lowest BCUT2D eigenvalue weighted by Crippen LogP contribution is -2.25. The number of halogens is 1. The highest BCUT2D eigenvalue weighted by atomic mass is 19.1. The minimum absolute atomic E-state index is 0.162. The number of amides is 1. The van der Waals surface area contributed by atoms with Crippen LogP contribution in [0, 0.1) is 17.7 Å². The average Bonchev–Trinajstić information content (AvgIpc) is 2.66. The predicted octanol–water partition coefficient (Wildman–Crippen LogP) is 3.12. The molecular weight excluding hydrogens is 331 g/mol. The zero-order valence-electron chi connectivity index (χ0n) is 14.0. The number of fused-ring (bicyclic) bond motifs is 1. The minimum atomic E-state index is -0.318. The zero-order chi connectivity index (χ0) is 18.2. The van der Waals surface area contributed by atoms with Gasteiger partial charge in [-0.15, -0.1) is 0 Å². The number of aromatic nitrogens is 1. The number of benzene rings is 2. The summed E-state index contributed by atoms with van der Waals surface area (Å²) in [7, 11) is 0. The lowest BCUT2D eigenvalue weighted by molar-refractivity contribution is -0.120. The number of hydrogen-bond acceptors (Lipinski definition) is 3. The minimum Gasteiger partial charge on any atom is -0.479 e. The molecule has 4 nitrogen and oxygen atoms in total. The fourth-order valence-electron chi connectivity index (χ4n) is 2.41. The Morgan fingerprint density at radius 2 is 1.88 bits per heavy atom. The Balaban J connectivity index is 1.44. The Morgan fingerprint density at radius 1 is 1.08 bits per heavy atom. The number of hydrogen-bond donors (Lipinski definition) is 1. The Bertz CT molecular complexity index is 954. The summed E-state index contributed by atoms with van der Waals surface area (Å²) in [6.07, 6.45) is 1.91. The number of carbonyl (C=O) groups excluding carboxylic acids is 1. The molecule has 3 rings (SSSR count). The van der Waals surface area contributed by atoms with Crippen LogP contribution in [0.15, 0.2) is 60.8 Å². The van der Waals surface area contributed by atoms with Crippen molar-refractivity contribution in [2.75, 3.05) is 13.2 Å². The second-order valence-corrected chi connectivity index (χ2v) is 5.55. The summed E-state index contributed by atoms with van der Waals surface area (Å²) in [5.74, 6) is 5.90. The molecule has 1 heterocycles. The van der Waals surface area contributed by atoms with Crippen LogP contribution in [0.25, 0.3) is 10.9 Å². The van der Waals surface area contributed by atoms with E-state index in [2.05, 4.69) is 22.1 Å². The van der Waals surface area contributed by atoms with Gasteiger partial charge in [-0.05, 0) is 29.8 Å². The van der Waals surface area contributed by atoms with Crippen LogP contribution in [0.4, 0.5) is 4.39 Å². The molecule has 0 spiro atoms. The van der Waals surface area contributed by atoms with Gasteiger partial charge in [0.25, 0.3) is 0 Å². The van der Waals surface area contributed by atoms with Gasteiger partial charge in [0.15, 0.2) is 0 Å². The smallest absolute Gasteiger partial charge is 0.225 e. The lowest BCUT2D eigenvalue weighted by Gasteiger charge is -2.05. The van der Waals surface area contributed by atoms with Crippen LogP contribution in [0.2, 0.25) is 0 Å². The van der Waals surface area contributed by atoms with E-state index in [0.29, 0.717) is 5.75 Å². The van der Waals surface area contributed by atoms with Gasteiger partial charge in [-0.1, -0.05) is 42.2 Å². The molecule has 0 saturated heterocycles. The number of carbonyl (C=O) groups is 1. The maximum atomic E-state index is 12.8. The van der Waals surface area contributed by atoms with Gasteiger partial charge >= 0.3 is 0 Å². The fourth-order valence-corrected chi connectivity index (χ4v) is 2.41. The average molecular weight is 348 g/mol. The van der Waals surface area contributed by atoms with Gasteiger partial charge in [-0.25, -0.2) is 4.39 Å². The molecule has 0 aliphatic heterocycles. The summed E-state index contributed by atoms with van der Waals surface area (Å²) in [6, 6.07) is 15.4. The van der Waals surface area contributed by atoms with E-state index in [1.807, 2.05) is 30.3 Å². The van der Waals surface area contributed by atoms with Gasteiger partial charge in [0.1, 0.15) is 23.7 Å². The van der Waals surface area contributed by atoms with E-state index in [0.717, 1.165) is 16.5 Å². The van der Waals surface area contributed by atoms with Crippen molar-refractivity contribution in [2.45, 2.75) is 6.42 Å². The largest absolute Gasteiger partial charge is 0.479 e. The second kappa shape index (κ2) is 8.63.